The molecule has 0 aliphatic carbocycles. The van der Waals surface area contributed by atoms with Gasteiger partial charge in [0.05, 0.1) is 22.6 Å². The van der Waals surface area contributed by atoms with Crippen molar-refractivity contribution >= 4 is 45.1 Å². The number of anilines is 1. The normalized spacial score (nSPS) is 11.4. The molecule has 0 bridgehead atoms. The lowest BCUT2D eigenvalue weighted by molar-refractivity contribution is -0.116. The Bertz CT molecular complexity index is 1630. The Morgan fingerprint density at radius 3 is 2.62 bits per heavy atom. The van der Waals surface area contributed by atoms with E-state index in [1.54, 1.807) is 23.6 Å². The summed E-state index contributed by atoms with van der Waals surface area (Å²) in [5, 5.41) is 7.86. The van der Waals surface area contributed by atoms with Crippen LogP contribution in [0.1, 0.15) is 22.8 Å². The summed E-state index contributed by atoms with van der Waals surface area (Å²) in [6.45, 7) is 5.58. The summed E-state index contributed by atoms with van der Waals surface area (Å²) >= 11 is 6.28. The molecule has 3 heterocycles. The van der Waals surface area contributed by atoms with Gasteiger partial charge in [-0.3, -0.25) is 14.2 Å². The third-order valence-corrected chi connectivity index (χ3v) is 5.87. The Morgan fingerprint density at radius 2 is 1.88 bits per heavy atom. The third kappa shape index (κ3) is 3.94. The Kier molecular flexibility index (Phi) is 5.41. The molecule has 0 atom stereocenters. The number of benzene rings is 2. The fourth-order valence-electron chi connectivity index (χ4n) is 4.00. The number of amides is 1. The summed E-state index contributed by atoms with van der Waals surface area (Å²) in [6, 6.07) is 11.2. The first-order chi connectivity index (χ1) is 16.3. The van der Waals surface area contributed by atoms with E-state index < -0.39 is 0 Å². The topological polar surface area (TPSA) is 108 Å². The molecule has 10 heteroatoms. The van der Waals surface area contributed by atoms with Crippen LogP contribution in [-0.4, -0.2) is 30.2 Å². The maximum absolute atomic E-state index is 13.5. The van der Waals surface area contributed by atoms with Crippen molar-refractivity contribution in [3.63, 3.8) is 0 Å². The fraction of sp³-hybridized carbons (Fsp3) is 0.208. The molecule has 3 aromatic heterocycles. The van der Waals surface area contributed by atoms with Crippen LogP contribution in [0.25, 0.3) is 21.9 Å². The van der Waals surface area contributed by atoms with E-state index in [2.05, 4.69) is 20.4 Å². The molecule has 0 aliphatic heterocycles. The Hall–Kier alpha value is -3.98. The van der Waals surface area contributed by atoms with Gasteiger partial charge >= 0.3 is 0 Å². The van der Waals surface area contributed by atoms with Crippen LogP contribution in [0, 0.1) is 20.8 Å². The maximum atomic E-state index is 13.5. The second-order valence-electron chi connectivity index (χ2n) is 8.25. The molecule has 0 radical (unpaired) electrons. The number of halogens is 1. The molecule has 0 spiro atoms. The van der Waals surface area contributed by atoms with Crippen LogP contribution in [-0.2, 0) is 17.9 Å². The van der Waals surface area contributed by atoms with E-state index in [1.165, 1.54) is 10.9 Å². The lowest BCUT2D eigenvalue weighted by atomic mass is 10.1. The van der Waals surface area contributed by atoms with Crippen molar-refractivity contribution in [3.8, 4) is 0 Å². The minimum absolute atomic E-state index is 0.0777. The maximum Gasteiger partial charge on any atom is 0.278 e. The van der Waals surface area contributed by atoms with Crippen LogP contribution in [0.3, 0.4) is 0 Å². The van der Waals surface area contributed by atoms with Crippen molar-refractivity contribution in [2.24, 2.45) is 0 Å². The summed E-state index contributed by atoms with van der Waals surface area (Å²) in [6.07, 6.45) is 1.46. The molecule has 0 saturated heterocycles. The molecule has 9 nitrogen and oxygen atoms in total. The molecular formula is C24H21ClN6O3. The smallest absolute Gasteiger partial charge is 0.278 e. The number of carbonyl (C=O) groups is 1. The van der Waals surface area contributed by atoms with E-state index in [1.807, 2.05) is 38.1 Å². The number of rotatable bonds is 5. The average Bonchev–Trinajstić information content (AvgIpc) is 3.33. The van der Waals surface area contributed by atoms with Gasteiger partial charge in [-0.2, -0.15) is 4.98 Å². The minimum Gasteiger partial charge on any atom is -0.337 e. The van der Waals surface area contributed by atoms with Gasteiger partial charge in [0.1, 0.15) is 24.1 Å². The van der Waals surface area contributed by atoms with Crippen LogP contribution in [0.15, 0.2) is 52.0 Å². The van der Waals surface area contributed by atoms with E-state index in [-0.39, 0.29) is 24.6 Å². The summed E-state index contributed by atoms with van der Waals surface area (Å²) in [5.41, 5.74) is 3.81. The van der Waals surface area contributed by atoms with Crippen molar-refractivity contribution in [1.29, 1.82) is 0 Å². The van der Waals surface area contributed by atoms with E-state index in [0.29, 0.717) is 33.5 Å². The molecule has 34 heavy (non-hydrogen) atoms. The number of fused-ring (bicyclic) bond motifs is 3. The van der Waals surface area contributed by atoms with Gasteiger partial charge in [0, 0.05) is 5.39 Å². The monoisotopic (exact) mass is 476 g/mol. The third-order valence-electron chi connectivity index (χ3n) is 5.56. The zero-order valence-corrected chi connectivity index (χ0v) is 19.6. The number of nitrogens with zero attached hydrogens (tertiary/aromatic N) is 5. The zero-order chi connectivity index (χ0) is 24.0. The summed E-state index contributed by atoms with van der Waals surface area (Å²) in [5.74, 6) is 0.464. The highest BCUT2D eigenvalue weighted by Gasteiger charge is 2.20. The summed E-state index contributed by atoms with van der Waals surface area (Å²) in [4.78, 5) is 35.2. The predicted octanol–water partition coefficient (Wildman–Crippen LogP) is 4.00. The standard InChI is InChI=1S/C24H21ClN6O3/c1-13-5-7-19-16(8-13)22-23(24(33)30(12-26-22)11-21-27-15(3)29-34-21)31(19)10-20(32)28-18-6-4-14(2)9-17(18)25/h4-9,12H,10-11H2,1-3H3,(H,28,32). The van der Waals surface area contributed by atoms with Crippen LogP contribution >= 0.6 is 11.6 Å². The Morgan fingerprint density at radius 1 is 1.12 bits per heavy atom. The van der Waals surface area contributed by atoms with Crippen LogP contribution in [0.5, 0.6) is 0 Å². The number of hydrogen-bond donors (Lipinski definition) is 1. The van der Waals surface area contributed by atoms with E-state index in [4.69, 9.17) is 16.1 Å². The van der Waals surface area contributed by atoms with Crippen molar-refractivity contribution in [1.82, 2.24) is 24.3 Å². The average molecular weight is 477 g/mol. The molecule has 0 aliphatic rings. The van der Waals surface area contributed by atoms with Gasteiger partial charge in [0.2, 0.25) is 11.8 Å². The SMILES string of the molecule is Cc1ccc(NC(=O)Cn2c3ccc(C)cc3c3ncn(Cc4nc(C)no4)c(=O)c32)c(Cl)c1. The minimum atomic E-state index is -0.313. The van der Waals surface area contributed by atoms with Crippen LogP contribution < -0.4 is 10.9 Å². The summed E-state index contributed by atoms with van der Waals surface area (Å²) in [7, 11) is 0. The van der Waals surface area contributed by atoms with Gasteiger partial charge in [-0.05, 0) is 50.6 Å². The highest BCUT2D eigenvalue weighted by Crippen LogP contribution is 2.27. The van der Waals surface area contributed by atoms with Crippen molar-refractivity contribution < 1.29 is 9.32 Å². The van der Waals surface area contributed by atoms with E-state index in [9.17, 15) is 9.59 Å². The van der Waals surface area contributed by atoms with E-state index in [0.717, 1.165) is 22.0 Å². The number of nitrogens with one attached hydrogen (secondary N) is 1. The van der Waals surface area contributed by atoms with Gasteiger partial charge in [0.25, 0.3) is 5.56 Å². The van der Waals surface area contributed by atoms with Gasteiger partial charge in [0.15, 0.2) is 5.82 Å². The second-order valence-corrected chi connectivity index (χ2v) is 8.66. The molecule has 0 saturated carbocycles. The second kappa shape index (κ2) is 8.42. The quantitative estimate of drug-likeness (QED) is 0.410. The number of aromatic nitrogens is 5. The Balaban J connectivity index is 1.60. The molecular weight excluding hydrogens is 456 g/mol. The number of hydrogen-bond acceptors (Lipinski definition) is 6. The molecule has 1 amide bonds. The van der Waals surface area contributed by atoms with Gasteiger partial charge in [-0.1, -0.05) is 34.5 Å². The molecule has 5 aromatic rings. The first kappa shape index (κ1) is 21.8. The predicted molar refractivity (Wildman–Crippen MR) is 129 cm³/mol. The van der Waals surface area contributed by atoms with Crippen molar-refractivity contribution in [2.45, 2.75) is 33.9 Å². The van der Waals surface area contributed by atoms with Crippen LogP contribution in [0.2, 0.25) is 5.02 Å². The summed E-state index contributed by atoms with van der Waals surface area (Å²) < 4.78 is 8.24. The fourth-order valence-corrected chi connectivity index (χ4v) is 4.28. The molecule has 2 aromatic carbocycles. The first-order valence-corrected chi connectivity index (χ1v) is 11.0. The van der Waals surface area contributed by atoms with Crippen molar-refractivity contribution in [2.75, 3.05) is 5.32 Å². The van der Waals surface area contributed by atoms with Gasteiger partial charge < -0.3 is 14.4 Å². The lowest BCUT2D eigenvalue weighted by Gasteiger charge is -2.11. The van der Waals surface area contributed by atoms with Crippen molar-refractivity contribution in [3.05, 3.63) is 80.9 Å². The van der Waals surface area contributed by atoms with E-state index >= 15 is 0 Å². The lowest BCUT2D eigenvalue weighted by Crippen LogP contribution is -2.25. The molecule has 1 N–H and O–H groups in total. The Labute approximate surface area is 199 Å². The van der Waals surface area contributed by atoms with Gasteiger partial charge in [-0.15, -0.1) is 0 Å². The molecule has 172 valence electrons. The molecule has 5 rings (SSSR count). The first-order valence-electron chi connectivity index (χ1n) is 10.6. The number of aryl methyl sites for hydroxylation is 3. The van der Waals surface area contributed by atoms with Crippen LogP contribution in [0.4, 0.5) is 5.69 Å². The molecule has 0 unspecified atom stereocenters. The zero-order valence-electron chi connectivity index (χ0n) is 18.8. The van der Waals surface area contributed by atoms with Gasteiger partial charge in [-0.25, -0.2) is 4.98 Å². The highest BCUT2D eigenvalue weighted by atomic mass is 35.5. The number of carbonyl (C=O) groups excluding carboxylic acids is 1. The molecule has 0 fully saturated rings. The largest absolute Gasteiger partial charge is 0.337 e. The highest BCUT2D eigenvalue weighted by molar-refractivity contribution is 6.33.